The van der Waals surface area contributed by atoms with Crippen LogP contribution in [0.15, 0.2) is 35.3 Å². The Morgan fingerprint density at radius 2 is 2.00 bits per heavy atom. The van der Waals surface area contributed by atoms with Crippen LogP contribution in [0.3, 0.4) is 0 Å². The number of fused-ring (bicyclic) bond motifs is 1. The highest BCUT2D eigenvalue weighted by Crippen LogP contribution is 2.30. The van der Waals surface area contributed by atoms with Crippen LogP contribution in [0, 0.1) is 0 Å². The van der Waals surface area contributed by atoms with E-state index in [1.165, 1.54) is 0 Å². The molecule has 0 aromatic carbocycles. The van der Waals surface area contributed by atoms with Gasteiger partial charge in [-0.15, -0.1) is 0 Å². The number of pyridine rings is 1. The standard InChI is InChI=1S/C19H24N4O2/c1-14(24)22-11-5-7-17(22)16-6-4-9-21(16)13-15-12-19(25)23-10-3-2-8-18(23)20-15/h2-3,8,10,12,16-17H,4-7,9,11,13H2,1H3/t16-,17-/m1/s1. The minimum Gasteiger partial charge on any atom is -0.338 e. The Morgan fingerprint density at radius 3 is 2.84 bits per heavy atom. The molecule has 2 saturated heterocycles. The van der Waals surface area contributed by atoms with E-state index in [0.29, 0.717) is 24.3 Å². The molecule has 2 aromatic rings. The Kier molecular flexibility index (Phi) is 4.29. The van der Waals surface area contributed by atoms with E-state index in [-0.39, 0.29) is 11.5 Å². The van der Waals surface area contributed by atoms with Crippen molar-refractivity contribution in [2.24, 2.45) is 0 Å². The van der Waals surface area contributed by atoms with Gasteiger partial charge in [0.15, 0.2) is 0 Å². The van der Waals surface area contributed by atoms with Crippen LogP contribution >= 0.6 is 0 Å². The monoisotopic (exact) mass is 340 g/mol. The van der Waals surface area contributed by atoms with Crippen molar-refractivity contribution in [1.29, 1.82) is 0 Å². The molecule has 2 aliphatic heterocycles. The van der Waals surface area contributed by atoms with E-state index in [2.05, 4.69) is 9.88 Å². The Morgan fingerprint density at radius 1 is 1.20 bits per heavy atom. The van der Waals surface area contributed by atoms with Crippen LogP contribution < -0.4 is 5.56 Å². The molecule has 6 heteroatoms. The van der Waals surface area contributed by atoms with Crippen molar-refractivity contribution in [3.05, 3.63) is 46.5 Å². The van der Waals surface area contributed by atoms with Crippen LogP contribution in [0.4, 0.5) is 0 Å². The molecule has 0 bridgehead atoms. The van der Waals surface area contributed by atoms with Gasteiger partial charge < -0.3 is 4.90 Å². The van der Waals surface area contributed by atoms with Crippen LogP contribution in [-0.2, 0) is 11.3 Å². The summed E-state index contributed by atoms with van der Waals surface area (Å²) < 4.78 is 1.57. The van der Waals surface area contributed by atoms with Gasteiger partial charge >= 0.3 is 0 Å². The van der Waals surface area contributed by atoms with Crippen molar-refractivity contribution >= 4 is 11.6 Å². The number of hydrogen-bond donors (Lipinski definition) is 0. The van der Waals surface area contributed by atoms with Crippen molar-refractivity contribution in [1.82, 2.24) is 19.2 Å². The highest BCUT2D eigenvalue weighted by atomic mass is 16.2. The molecule has 132 valence electrons. The van der Waals surface area contributed by atoms with Crippen LogP contribution in [0.2, 0.25) is 0 Å². The normalized spacial score (nSPS) is 24.3. The first-order chi connectivity index (χ1) is 12.1. The molecule has 0 unspecified atom stereocenters. The van der Waals surface area contributed by atoms with Gasteiger partial charge in [-0.1, -0.05) is 6.07 Å². The smallest absolute Gasteiger partial charge is 0.258 e. The molecule has 4 heterocycles. The molecule has 0 N–H and O–H groups in total. The Balaban J connectivity index is 1.57. The largest absolute Gasteiger partial charge is 0.338 e. The second kappa shape index (κ2) is 6.59. The maximum atomic E-state index is 12.3. The maximum Gasteiger partial charge on any atom is 0.258 e. The molecular weight excluding hydrogens is 316 g/mol. The molecule has 0 aliphatic carbocycles. The Hall–Kier alpha value is -2.21. The number of aromatic nitrogens is 2. The number of carbonyl (C=O) groups excluding carboxylic acids is 1. The first kappa shape index (κ1) is 16.3. The summed E-state index contributed by atoms with van der Waals surface area (Å²) in [7, 11) is 0. The molecule has 0 saturated carbocycles. The molecule has 4 rings (SSSR count). The van der Waals surface area contributed by atoms with E-state index in [4.69, 9.17) is 0 Å². The van der Waals surface area contributed by atoms with E-state index < -0.39 is 0 Å². The highest BCUT2D eigenvalue weighted by molar-refractivity contribution is 5.74. The lowest BCUT2D eigenvalue weighted by atomic mass is 10.0. The second-order valence-corrected chi connectivity index (χ2v) is 7.12. The predicted molar refractivity (Wildman–Crippen MR) is 95.3 cm³/mol. The third-order valence-corrected chi connectivity index (χ3v) is 5.55. The lowest BCUT2D eigenvalue weighted by Gasteiger charge is -2.34. The van der Waals surface area contributed by atoms with Crippen LogP contribution in [0.1, 0.15) is 38.3 Å². The van der Waals surface area contributed by atoms with Gasteiger partial charge in [-0.25, -0.2) is 4.98 Å². The van der Waals surface area contributed by atoms with Crippen LogP contribution in [0.5, 0.6) is 0 Å². The van der Waals surface area contributed by atoms with Crippen LogP contribution in [0.25, 0.3) is 5.65 Å². The number of hydrogen-bond acceptors (Lipinski definition) is 4. The average Bonchev–Trinajstić information content (AvgIpc) is 3.23. The minimum atomic E-state index is -0.0393. The van der Waals surface area contributed by atoms with Gasteiger partial charge in [0, 0.05) is 44.4 Å². The Labute approximate surface area is 147 Å². The van der Waals surface area contributed by atoms with E-state index in [0.717, 1.165) is 44.5 Å². The fourth-order valence-corrected chi connectivity index (χ4v) is 4.46. The molecular formula is C19H24N4O2. The van der Waals surface area contributed by atoms with Crippen molar-refractivity contribution < 1.29 is 4.79 Å². The van der Waals surface area contributed by atoms with E-state index >= 15 is 0 Å². The van der Waals surface area contributed by atoms with Crippen molar-refractivity contribution in [3.63, 3.8) is 0 Å². The lowest BCUT2D eigenvalue weighted by Crippen LogP contribution is -2.47. The summed E-state index contributed by atoms with van der Waals surface area (Å²) in [5, 5.41) is 0. The zero-order valence-corrected chi connectivity index (χ0v) is 14.6. The van der Waals surface area contributed by atoms with Gasteiger partial charge in [-0.05, 0) is 44.4 Å². The third-order valence-electron chi connectivity index (χ3n) is 5.55. The summed E-state index contributed by atoms with van der Waals surface area (Å²) in [6.45, 7) is 4.22. The molecule has 2 aliphatic rings. The summed E-state index contributed by atoms with van der Waals surface area (Å²) in [5.74, 6) is 0.177. The van der Waals surface area contributed by atoms with Gasteiger partial charge in [-0.3, -0.25) is 18.9 Å². The highest BCUT2D eigenvalue weighted by Gasteiger charge is 2.38. The molecule has 1 amide bonds. The topological polar surface area (TPSA) is 57.9 Å². The molecule has 6 nitrogen and oxygen atoms in total. The first-order valence-electron chi connectivity index (χ1n) is 9.12. The Bertz CT molecular complexity index is 847. The minimum absolute atomic E-state index is 0.0393. The lowest BCUT2D eigenvalue weighted by molar-refractivity contribution is -0.130. The van der Waals surface area contributed by atoms with Crippen molar-refractivity contribution in [2.75, 3.05) is 13.1 Å². The van der Waals surface area contributed by atoms with Crippen molar-refractivity contribution in [2.45, 2.75) is 51.2 Å². The maximum absolute atomic E-state index is 12.3. The third kappa shape index (κ3) is 3.06. The second-order valence-electron chi connectivity index (χ2n) is 7.12. The van der Waals surface area contributed by atoms with E-state index in [9.17, 15) is 9.59 Å². The molecule has 2 aromatic heterocycles. The summed E-state index contributed by atoms with van der Waals surface area (Å²) >= 11 is 0. The van der Waals surface area contributed by atoms with Gasteiger partial charge in [0.1, 0.15) is 5.65 Å². The number of nitrogens with zero attached hydrogens (tertiary/aromatic N) is 4. The number of rotatable bonds is 3. The zero-order valence-electron chi connectivity index (χ0n) is 14.6. The average molecular weight is 340 g/mol. The van der Waals surface area contributed by atoms with Crippen LogP contribution in [-0.4, -0.2) is 50.3 Å². The molecule has 0 radical (unpaired) electrons. The predicted octanol–water partition coefficient (Wildman–Crippen LogP) is 1.67. The first-order valence-corrected chi connectivity index (χ1v) is 9.12. The number of likely N-dealkylation sites (tertiary alicyclic amines) is 2. The molecule has 2 atom stereocenters. The zero-order chi connectivity index (χ0) is 17.4. The van der Waals surface area contributed by atoms with Crippen molar-refractivity contribution in [3.8, 4) is 0 Å². The van der Waals surface area contributed by atoms with E-state index in [1.54, 1.807) is 23.6 Å². The summed E-state index contributed by atoms with van der Waals surface area (Å²) in [4.78, 5) is 33.3. The molecule has 25 heavy (non-hydrogen) atoms. The van der Waals surface area contributed by atoms with E-state index in [1.807, 2.05) is 23.1 Å². The fraction of sp³-hybridized carbons (Fsp3) is 0.526. The molecule has 0 spiro atoms. The number of amides is 1. The summed E-state index contributed by atoms with van der Waals surface area (Å²) in [5.41, 5.74) is 1.46. The SMILES string of the molecule is CC(=O)N1CCC[C@@H]1[C@H]1CCCN1Cc1cc(=O)n2ccccc2n1. The van der Waals surface area contributed by atoms with Gasteiger partial charge in [0.25, 0.3) is 5.56 Å². The number of carbonyl (C=O) groups is 1. The fourth-order valence-electron chi connectivity index (χ4n) is 4.46. The van der Waals surface area contributed by atoms with Gasteiger partial charge in [-0.2, -0.15) is 0 Å². The molecule has 2 fully saturated rings. The summed E-state index contributed by atoms with van der Waals surface area (Å²) in [6, 6.07) is 7.92. The van der Waals surface area contributed by atoms with Gasteiger partial charge in [0.05, 0.1) is 5.69 Å². The quantitative estimate of drug-likeness (QED) is 0.853. The summed E-state index contributed by atoms with van der Waals surface area (Å²) in [6.07, 6.45) is 6.16. The van der Waals surface area contributed by atoms with Gasteiger partial charge in [0.2, 0.25) is 5.91 Å².